The van der Waals surface area contributed by atoms with Crippen molar-refractivity contribution in [3.63, 3.8) is 0 Å². The monoisotopic (exact) mass is 257 g/mol. The molecule has 1 amide bonds. The second kappa shape index (κ2) is 7.29. The predicted octanol–water partition coefficient (Wildman–Crippen LogP) is 1.94. The van der Waals surface area contributed by atoms with Crippen molar-refractivity contribution < 1.29 is 14.3 Å². The zero-order valence-corrected chi connectivity index (χ0v) is 10.5. The fraction of sp³-hybridized carbons (Fsp3) is 0.417. The predicted molar refractivity (Wildman–Crippen MR) is 66.3 cm³/mol. The summed E-state index contributed by atoms with van der Waals surface area (Å²) in [5, 5.41) is 11.8. The fourth-order valence-corrected chi connectivity index (χ4v) is 2.13. The first-order valence-corrected chi connectivity index (χ1v) is 6.44. The molecule has 0 fully saturated rings. The van der Waals surface area contributed by atoms with Gasteiger partial charge in [0.1, 0.15) is 5.82 Å². The number of hydrogen-bond donors (Lipinski definition) is 2. The molecule has 0 aromatic heterocycles. The van der Waals surface area contributed by atoms with Crippen LogP contribution in [-0.4, -0.2) is 23.3 Å². The van der Waals surface area contributed by atoms with E-state index in [0.717, 1.165) is 11.3 Å². The molecule has 2 N–H and O–H groups in total. The van der Waals surface area contributed by atoms with Crippen LogP contribution in [0.1, 0.15) is 18.9 Å². The molecule has 0 spiro atoms. The van der Waals surface area contributed by atoms with Crippen molar-refractivity contribution >= 4 is 17.7 Å². The molecule has 1 aromatic rings. The summed E-state index contributed by atoms with van der Waals surface area (Å²) in [6.45, 7) is 2.42. The van der Waals surface area contributed by atoms with Gasteiger partial charge >= 0.3 is 0 Å². The Hall–Kier alpha value is -1.07. The van der Waals surface area contributed by atoms with E-state index in [0.29, 0.717) is 12.1 Å². The zero-order chi connectivity index (χ0) is 12.7. The lowest BCUT2D eigenvalue weighted by atomic mass is 10.2. The SMILES string of the molecule is CCCNC(=O)CSc1ccc(F)cc1CO. The second-order valence-corrected chi connectivity index (χ2v) is 4.57. The van der Waals surface area contributed by atoms with Crippen LogP contribution in [0.15, 0.2) is 23.1 Å². The number of thioether (sulfide) groups is 1. The number of halogens is 1. The highest BCUT2D eigenvalue weighted by Crippen LogP contribution is 2.23. The molecule has 0 aliphatic rings. The Morgan fingerprint density at radius 1 is 1.53 bits per heavy atom. The molecular formula is C12H16FNO2S. The van der Waals surface area contributed by atoms with Gasteiger partial charge in [0.15, 0.2) is 0 Å². The number of amides is 1. The smallest absolute Gasteiger partial charge is 0.230 e. The first-order valence-electron chi connectivity index (χ1n) is 5.46. The fourth-order valence-electron chi connectivity index (χ4n) is 1.27. The number of benzene rings is 1. The van der Waals surface area contributed by atoms with Gasteiger partial charge in [-0.1, -0.05) is 6.92 Å². The zero-order valence-electron chi connectivity index (χ0n) is 9.70. The molecule has 0 saturated carbocycles. The van der Waals surface area contributed by atoms with Gasteiger partial charge in [0.2, 0.25) is 5.91 Å². The number of carbonyl (C=O) groups excluding carboxylic acids is 1. The van der Waals surface area contributed by atoms with Crippen molar-refractivity contribution in [1.29, 1.82) is 0 Å². The number of aliphatic hydroxyl groups excluding tert-OH is 1. The molecule has 1 aromatic carbocycles. The summed E-state index contributed by atoms with van der Waals surface area (Å²) in [5.41, 5.74) is 0.512. The van der Waals surface area contributed by atoms with Gasteiger partial charge in [0, 0.05) is 11.4 Å². The normalized spacial score (nSPS) is 10.3. The molecule has 0 aliphatic heterocycles. The standard InChI is InChI=1S/C12H16FNO2S/c1-2-5-14-12(16)8-17-11-4-3-10(13)6-9(11)7-15/h3-4,6,15H,2,5,7-8H2,1H3,(H,14,16). The maximum absolute atomic E-state index is 12.9. The topological polar surface area (TPSA) is 49.3 Å². The van der Waals surface area contributed by atoms with Gasteiger partial charge in [0.05, 0.1) is 12.4 Å². The summed E-state index contributed by atoms with van der Waals surface area (Å²) in [7, 11) is 0. The van der Waals surface area contributed by atoms with E-state index in [4.69, 9.17) is 5.11 Å². The largest absolute Gasteiger partial charge is 0.392 e. The van der Waals surface area contributed by atoms with Crippen LogP contribution in [0.2, 0.25) is 0 Å². The maximum atomic E-state index is 12.9. The van der Waals surface area contributed by atoms with Crippen LogP contribution >= 0.6 is 11.8 Å². The van der Waals surface area contributed by atoms with Gasteiger partial charge in [-0.2, -0.15) is 0 Å². The third-order valence-electron chi connectivity index (χ3n) is 2.12. The van der Waals surface area contributed by atoms with Gasteiger partial charge in [-0.15, -0.1) is 11.8 Å². The minimum Gasteiger partial charge on any atom is -0.392 e. The molecule has 3 nitrogen and oxygen atoms in total. The third-order valence-corrected chi connectivity index (χ3v) is 3.24. The van der Waals surface area contributed by atoms with Gasteiger partial charge in [-0.25, -0.2) is 4.39 Å². The Morgan fingerprint density at radius 2 is 2.29 bits per heavy atom. The first kappa shape index (κ1) is 14.0. The van der Waals surface area contributed by atoms with Crippen LogP contribution in [0, 0.1) is 5.82 Å². The lowest BCUT2D eigenvalue weighted by Gasteiger charge is -2.07. The Bertz CT molecular complexity index is 385. The Balaban J connectivity index is 2.54. The Labute approximate surface area is 104 Å². The summed E-state index contributed by atoms with van der Waals surface area (Å²) >= 11 is 1.30. The molecule has 94 valence electrons. The van der Waals surface area contributed by atoms with Crippen molar-refractivity contribution in [2.24, 2.45) is 0 Å². The van der Waals surface area contributed by atoms with Crippen molar-refractivity contribution in [2.45, 2.75) is 24.8 Å². The molecule has 0 atom stereocenters. The van der Waals surface area contributed by atoms with E-state index in [-0.39, 0.29) is 24.1 Å². The van der Waals surface area contributed by atoms with E-state index < -0.39 is 0 Å². The number of hydrogen-bond acceptors (Lipinski definition) is 3. The number of aliphatic hydroxyl groups is 1. The molecule has 0 bridgehead atoms. The van der Waals surface area contributed by atoms with Crippen LogP contribution in [0.25, 0.3) is 0 Å². The third kappa shape index (κ3) is 4.75. The minimum atomic E-state index is -0.381. The quantitative estimate of drug-likeness (QED) is 0.766. The Kier molecular flexibility index (Phi) is 6.00. The van der Waals surface area contributed by atoms with Crippen molar-refractivity contribution in [3.05, 3.63) is 29.6 Å². The van der Waals surface area contributed by atoms with Crippen LogP contribution in [0.5, 0.6) is 0 Å². The summed E-state index contributed by atoms with van der Waals surface area (Å²) in [6, 6.07) is 4.19. The lowest BCUT2D eigenvalue weighted by Crippen LogP contribution is -2.25. The van der Waals surface area contributed by atoms with E-state index in [1.54, 1.807) is 6.07 Å². The molecular weight excluding hydrogens is 241 g/mol. The van der Waals surface area contributed by atoms with Gasteiger partial charge < -0.3 is 10.4 Å². The highest BCUT2D eigenvalue weighted by molar-refractivity contribution is 8.00. The number of nitrogens with one attached hydrogen (secondary N) is 1. The van der Waals surface area contributed by atoms with E-state index >= 15 is 0 Å². The molecule has 0 saturated heterocycles. The van der Waals surface area contributed by atoms with Crippen LogP contribution in [-0.2, 0) is 11.4 Å². The lowest BCUT2D eigenvalue weighted by molar-refractivity contribution is -0.118. The molecule has 0 heterocycles. The first-order chi connectivity index (χ1) is 8.17. The van der Waals surface area contributed by atoms with Crippen molar-refractivity contribution in [2.75, 3.05) is 12.3 Å². The highest BCUT2D eigenvalue weighted by atomic mass is 32.2. The van der Waals surface area contributed by atoms with Crippen molar-refractivity contribution in [1.82, 2.24) is 5.32 Å². The molecule has 5 heteroatoms. The van der Waals surface area contributed by atoms with Gasteiger partial charge in [0.25, 0.3) is 0 Å². The molecule has 0 unspecified atom stereocenters. The maximum Gasteiger partial charge on any atom is 0.230 e. The van der Waals surface area contributed by atoms with Crippen LogP contribution in [0.4, 0.5) is 4.39 Å². The van der Waals surface area contributed by atoms with Crippen LogP contribution < -0.4 is 5.32 Å². The van der Waals surface area contributed by atoms with E-state index in [1.807, 2.05) is 6.92 Å². The molecule has 0 aliphatic carbocycles. The minimum absolute atomic E-state index is 0.0509. The van der Waals surface area contributed by atoms with Gasteiger partial charge in [-0.3, -0.25) is 4.79 Å². The average Bonchev–Trinajstić information content (AvgIpc) is 2.34. The van der Waals surface area contributed by atoms with E-state index in [2.05, 4.69) is 5.32 Å². The molecule has 17 heavy (non-hydrogen) atoms. The van der Waals surface area contributed by atoms with E-state index in [1.165, 1.54) is 23.9 Å². The highest BCUT2D eigenvalue weighted by Gasteiger charge is 2.07. The average molecular weight is 257 g/mol. The summed E-state index contributed by atoms with van der Waals surface area (Å²) < 4.78 is 12.9. The molecule has 1 rings (SSSR count). The summed E-state index contributed by atoms with van der Waals surface area (Å²) in [6.07, 6.45) is 0.898. The summed E-state index contributed by atoms with van der Waals surface area (Å²) in [5.74, 6) is -0.155. The summed E-state index contributed by atoms with van der Waals surface area (Å²) in [4.78, 5) is 12.1. The Morgan fingerprint density at radius 3 is 2.94 bits per heavy atom. The van der Waals surface area contributed by atoms with Crippen LogP contribution in [0.3, 0.4) is 0 Å². The van der Waals surface area contributed by atoms with E-state index in [9.17, 15) is 9.18 Å². The second-order valence-electron chi connectivity index (χ2n) is 3.55. The number of carbonyl (C=O) groups is 1. The number of rotatable bonds is 6. The molecule has 0 radical (unpaired) electrons. The van der Waals surface area contributed by atoms with Gasteiger partial charge in [-0.05, 0) is 30.2 Å². The van der Waals surface area contributed by atoms with Crippen molar-refractivity contribution in [3.8, 4) is 0 Å².